The molecule has 5 rings (SSSR count). The number of rotatable bonds is 5. The van der Waals surface area contributed by atoms with E-state index in [-0.39, 0.29) is 28.4 Å². The number of H-pyrrole nitrogens is 1. The van der Waals surface area contributed by atoms with Crippen LogP contribution in [0.25, 0.3) is 22.6 Å². The second kappa shape index (κ2) is 8.85. The molecule has 1 N–H and O–H groups in total. The monoisotopic (exact) mass is 487 g/mol. The van der Waals surface area contributed by atoms with Gasteiger partial charge in [-0.3, -0.25) is 9.89 Å². The average Bonchev–Trinajstić information content (AvgIpc) is 3.59. The third kappa shape index (κ3) is 4.46. The first-order valence-electron chi connectivity index (χ1n) is 10.6. The third-order valence-electron chi connectivity index (χ3n) is 5.61. The zero-order valence-corrected chi connectivity index (χ0v) is 17.9. The highest BCUT2D eigenvalue weighted by Gasteiger charge is 2.37. The van der Waals surface area contributed by atoms with Gasteiger partial charge < -0.3 is 14.2 Å². The molecule has 1 atom stereocenters. The molecule has 1 aliphatic rings. The van der Waals surface area contributed by atoms with E-state index in [4.69, 9.17) is 4.52 Å². The number of aromatic amines is 1. The van der Waals surface area contributed by atoms with E-state index < -0.39 is 29.9 Å². The summed E-state index contributed by atoms with van der Waals surface area (Å²) in [5, 5.41) is 10.3. The lowest BCUT2D eigenvalue weighted by Crippen LogP contribution is -2.31. The number of alkyl halides is 3. The molecule has 1 amide bonds. The Kier molecular flexibility index (Phi) is 5.71. The van der Waals surface area contributed by atoms with Crippen molar-refractivity contribution in [2.45, 2.75) is 25.2 Å². The summed E-state index contributed by atoms with van der Waals surface area (Å²) in [6, 6.07) is 10.6. The topological polar surface area (TPSA) is 97.1 Å². The number of likely N-dealkylation sites (tertiary alicyclic amines) is 1. The molecular weight excluding hydrogens is 470 g/mol. The molecule has 0 saturated carbocycles. The molecule has 0 aliphatic carbocycles. The third-order valence-corrected chi connectivity index (χ3v) is 5.61. The summed E-state index contributed by atoms with van der Waals surface area (Å²) in [5.74, 6) is -1.56. The predicted octanol–water partition coefficient (Wildman–Crippen LogP) is 5.14. The van der Waals surface area contributed by atoms with Gasteiger partial charge >= 0.3 is 6.36 Å². The maximum absolute atomic E-state index is 14.7. The van der Waals surface area contributed by atoms with Crippen molar-refractivity contribution in [1.29, 1.82) is 0 Å². The molecule has 3 heterocycles. The fourth-order valence-electron chi connectivity index (χ4n) is 4.14. The van der Waals surface area contributed by atoms with Crippen molar-refractivity contribution in [3.8, 4) is 28.4 Å². The molecule has 8 nitrogen and oxygen atoms in total. The minimum absolute atomic E-state index is 0.0117. The number of ether oxygens (including phenoxy) is 1. The Morgan fingerprint density at radius 3 is 2.74 bits per heavy atom. The number of benzene rings is 2. The van der Waals surface area contributed by atoms with Gasteiger partial charge in [-0.2, -0.15) is 10.1 Å². The Labute approximate surface area is 195 Å². The van der Waals surface area contributed by atoms with Gasteiger partial charge in [-0.05, 0) is 43.2 Å². The van der Waals surface area contributed by atoms with E-state index in [9.17, 15) is 22.4 Å². The van der Waals surface area contributed by atoms with Crippen molar-refractivity contribution in [2.24, 2.45) is 0 Å². The lowest BCUT2D eigenvalue weighted by molar-refractivity contribution is -0.274. The van der Waals surface area contributed by atoms with Crippen LogP contribution >= 0.6 is 0 Å². The summed E-state index contributed by atoms with van der Waals surface area (Å²) < 4.78 is 62.5. The fraction of sp³-hybridized carbons (Fsp3) is 0.217. The first kappa shape index (κ1) is 22.6. The van der Waals surface area contributed by atoms with Crippen LogP contribution in [0.15, 0.2) is 59.3 Å². The number of nitrogens with zero attached hydrogens (tertiary/aromatic N) is 4. The van der Waals surface area contributed by atoms with Crippen molar-refractivity contribution < 1.29 is 31.6 Å². The fourth-order valence-corrected chi connectivity index (χ4v) is 4.14. The Balaban J connectivity index is 1.45. The zero-order chi connectivity index (χ0) is 24.6. The summed E-state index contributed by atoms with van der Waals surface area (Å²) >= 11 is 0. The highest BCUT2D eigenvalue weighted by molar-refractivity contribution is 6.01. The number of amides is 1. The molecule has 1 fully saturated rings. The van der Waals surface area contributed by atoms with Crippen LogP contribution in [0, 0.1) is 5.82 Å². The Hall–Kier alpha value is -4.22. The second-order valence-electron chi connectivity index (χ2n) is 7.79. The molecule has 0 bridgehead atoms. The number of hydrogen-bond donors (Lipinski definition) is 1. The van der Waals surface area contributed by atoms with E-state index in [1.54, 1.807) is 6.07 Å². The van der Waals surface area contributed by atoms with E-state index in [1.165, 1.54) is 47.5 Å². The van der Waals surface area contributed by atoms with Crippen LogP contribution in [0.2, 0.25) is 0 Å². The molecule has 0 radical (unpaired) electrons. The number of para-hydroxylation sites is 1. The van der Waals surface area contributed by atoms with Crippen LogP contribution in [0.3, 0.4) is 0 Å². The number of halogens is 4. The average molecular weight is 487 g/mol. The first-order valence-corrected chi connectivity index (χ1v) is 10.6. The minimum Gasteiger partial charge on any atom is -0.405 e. The summed E-state index contributed by atoms with van der Waals surface area (Å²) in [6.45, 7) is 0.355. The number of carbonyl (C=O) groups is 1. The predicted molar refractivity (Wildman–Crippen MR) is 113 cm³/mol. The van der Waals surface area contributed by atoms with Gasteiger partial charge in [0, 0.05) is 18.3 Å². The normalized spacial score (nSPS) is 16.0. The standard InChI is InChI=1S/C23H17F4N5O3/c24-15-7-3-6-14(19(15)16-10-11-28-30-16)22(33)32-12-4-8-17(32)21-29-20(31-35-21)13-5-1-2-9-18(13)34-23(25,26)27/h1-3,5-7,9-11,17H,4,8,12H2,(H,28,30)/t17-/m0/s1. The molecule has 1 aliphatic heterocycles. The molecule has 2 aromatic heterocycles. The van der Waals surface area contributed by atoms with Gasteiger partial charge in [0.2, 0.25) is 11.7 Å². The van der Waals surface area contributed by atoms with Crippen LogP contribution in [-0.4, -0.2) is 44.1 Å². The lowest BCUT2D eigenvalue weighted by atomic mass is 10.0. The Morgan fingerprint density at radius 1 is 1.14 bits per heavy atom. The van der Waals surface area contributed by atoms with Gasteiger partial charge in [0.15, 0.2) is 0 Å². The Morgan fingerprint density at radius 2 is 1.97 bits per heavy atom. The van der Waals surface area contributed by atoms with Crippen LogP contribution in [0.1, 0.15) is 35.1 Å². The van der Waals surface area contributed by atoms with Gasteiger partial charge in [-0.1, -0.05) is 23.4 Å². The largest absolute Gasteiger partial charge is 0.573 e. The van der Waals surface area contributed by atoms with Crippen LogP contribution in [0.5, 0.6) is 5.75 Å². The van der Waals surface area contributed by atoms with Crippen molar-refractivity contribution in [3.05, 3.63) is 72.0 Å². The molecular formula is C23H17F4N5O3. The second-order valence-corrected chi connectivity index (χ2v) is 7.79. The van der Waals surface area contributed by atoms with E-state index >= 15 is 0 Å². The molecule has 35 heavy (non-hydrogen) atoms. The molecule has 0 spiro atoms. The highest BCUT2D eigenvalue weighted by atomic mass is 19.4. The molecule has 180 valence electrons. The molecule has 4 aromatic rings. The molecule has 12 heteroatoms. The summed E-state index contributed by atoms with van der Waals surface area (Å²) in [5.41, 5.74) is 0.556. The number of hydrogen-bond acceptors (Lipinski definition) is 6. The maximum atomic E-state index is 14.7. The smallest absolute Gasteiger partial charge is 0.405 e. The van der Waals surface area contributed by atoms with Gasteiger partial charge in [0.25, 0.3) is 5.91 Å². The number of aromatic nitrogens is 4. The van der Waals surface area contributed by atoms with Crippen molar-refractivity contribution in [3.63, 3.8) is 0 Å². The van der Waals surface area contributed by atoms with Gasteiger partial charge in [-0.25, -0.2) is 4.39 Å². The molecule has 1 saturated heterocycles. The van der Waals surface area contributed by atoms with E-state index in [1.807, 2.05) is 0 Å². The van der Waals surface area contributed by atoms with Gasteiger partial charge in [-0.15, -0.1) is 13.2 Å². The quantitative estimate of drug-likeness (QED) is 0.392. The molecule has 0 unspecified atom stereocenters. The van der Waals surface area contributed by atoms with E-state index in [0.717, 1.165) is 6.07 Å². The van der Waals surface area contributed by atoms with Crippen molar-refractivity contribution in [1.82, 2.24) is 25.2 Å². The maximum Gasteiger partial charge on any atom is 0.573 e. The first-order chi connectivity index (χ1) is 16.8. The van der Waals surface area contributed by atoms with E-state index in [2.05, 4.69) is 25.1 Å². The number of carbonyl (C=O) groups excluding carboxylic acids is 1. The highest BCUT2D eigenvalue weighted by Crippen LogP contribution is 2.37. The summed E-state index contributed by atoms with van der Waals surface area (Å²) in [7, 11) is 0. The summed E-state index contributed by atoms with van der Waals surface area (Å²) in [4.78, 5) is 19.2. The summed E-state index contributed by atoms with van der Waals surface area (Å²) in [6.07, 6.45) is -2.33. The lowest BCUT2D eigenvalue weighted by Gasteiger charge is -2.23. The molecule has 2 aromatic carbocycles. The van der Waals surface area contributed by atoms with Crippen molar-refractivity contribution >= 4 is 5.91 Å². The van der Waals surface area contributed by atoms with Gasteiger partial charge in [0.1, 0.15) is 17.6 Å². The number of nitrogens with one attached hydrogen (secondary N) is 1. The van der Waals surface area contributed by atoms with Crippen LogP contribution < -0.4 is 4.74 Å². The Bertz CT molecular complexity index is 1350. The minimum atomic E-state index is -4.89. The SMILES string of the molecule is O=C(c1cccc(F)c1-c1ccn[nH]1)N1CCC[C@H]1c1nc(-c2ccccc2OC(F)(F)F)no1. The van der Waals surface area contributed by atoms with Crippen LogP contribution in [0.4, 0.5) is 17.6 Å². The van der Waals surface area contributed by atoms with E-state index in [0.29, 0.717) is 25.1 Å². The van der Waals surface area contributed by atoms with Crippen LogP contribution in [-0.2, 0) is 0 Å². The van der Waals surface area contributed by atoms with Crippen molar-refractivity contribution in [2.75, 3.05) is 6.54 Å². The van der Waals surface area contributed by atoms with Gasteiger partial charge in [0.05, 0.1) is 16.8 Å². The zero-order valence-electron chi connectivity index (χ0n) is 17.9.